The van der Waals surface area contributed by atoms with Gasteiger partial charge in [0.05, 0.1) is 12.4 Å². The molecule has 4 aromatic rings. The number of aromatic amines is 2. The van der Waals surface area contributed by atoms with Gasteiger partial charge in [0, 0.05) is 54.7 Å². The number of H-pyrrole nitrogens is 2. The number of benzene rings is 2. The van der Waals surface area contributed by atoms with Crippen LogP contribution in [0, 0.1) is 0 Å². The molecule has 0 spiro atoms. The predicted octanol–water partition coefficient (Wildman–Crippen LogP) is 0.650. The lowest BCUT2D eigenvalue weighted by Crippen LogP contribution is -2.58. The number of hydrogen-bond donors (Lipinski definition) is 8. The van der Waals surface area contributed by atoms with Crippen LogP contribution >= 0.6 is 0 Å². The highest BCUT2D eigenvalue weighted by atomic mass is 16.4. The number of nitrogens with one attached hydrogen (secondary N) is 5. The predicted molar refractivity (Wildman–Crippen MR) is 163 cm³/mol. The highest BCUT2D eigenvalue weighted by molar-refractivity contribution is 5.94. The summed E-state index contributed by atoms with van der Waals surface area (Å²) in [5, 5.41) is 27.6. The van der Waals surface area contributed by atoms with E-state index in [2.05, 4.69) is 30.9 Å². The third-order valence-electron chi connectivity index (χ3n) is 7.24. The van der Waals surface area contributed by atoms with E-state index in [0.717, 1.165) is 10.9 Å². The third kappa shape index (κ3) is 9.24. The molecule has 2 heterocycles. The number of para-hydroxylation sites is 1. The van der Waals surface area contributed by atoms with E-state index in [0.29, 0.717) is 16.8 Å². The largest absolute Gasteiger partial charge is 0.481 e. The van der Waals surface area contributed by atoms with Crippen molar-refractivity contribution < 1.29 is 34.2 Å². The van der Waals surface area contributed by atoms with E-state index in [-0.39, 0.29) is 25.7 Å². The number of nitrogens with two attached hydrogens (primary N) is 1. The van der Waals surface area contributed by atoms with E-state index in [1.807, 2.05) is 18.2 Å². The zero-order valence-electron chi connectivity index (χ0n) is 24.2. The van der Waals surface area contributed by atoms with Gasteiger partial charge in [-0.15, -0.1) is 0 Å². The first kappa shape index (κ1) is 32.4. The van der Waals surface area contributed by atoms with Crippen molar-refractivity contribution in [3.05, 3.63) is 90.1 Å². The maximum atomic E-state index is 13.6. The van der Waals surface area contributed by atoms with Crippen LogP contribution in [0.4, 0.5) is 0 Å². The van der Waals surface area contributed by atoms with Gasteiger partial charge in [0.15, 0.2) is 0 Å². The van der Waals surface area contributed by atoms with Crippen molar-refractivity contribution in [3.8, 4) is 0 Å². The molecule has 9 N–H and O–H groups in total. The molecule has 236 valence electrons. The standard InChI is InChI=1S/C31H35N7O7/c32-22(14-20-16-33-17-35-20)28(41)37-25(12-18-6-2-1-3-7-18)30(43)36-24(10-11-27(39)40)29(42)38-26(31(44)45)13-19-15-34-23-9-5-4-8-21(19)23/h1-9,15-17,22,24-26,34H,10-14,32H2,(H,33,35)(H,36,43)(H,37,41)(H,38,42)(H,39,40)(H,44,45). The highest BCUT2D eigenvalue weighted by Crippen LogP contribution is 2.19. The van der Waals surface area contributed by atoms with Gasteiger partial charge in [0.2, 0.25) is 17.7 Å². The lowest BCUT2D eigenvalue weighted by Gasteiger charge is -2.25. The number of hydrogen-bond acceptors (Lipinski definition) is 7. The van der Waals surface area contributed by atoms with Crippen molar-refractivity contribution in [3.63, 3.8) is 0 Å². The fourth-order valence-electron chi connectivity index (χ4n) is 4.87. The molecule has 0 saturated heterocycles. The molecule has 0 aliphatic heterocycles. The van der Waals surface area contributed by atoms with Crippen molar-refractivity contribution in [2.45, 2.75) is 56.3 Å². The van der Waals surface area contributed by atoms with Gasteiger partial charge in [-0.05, 0) is 23.6 Å². The zero-order valence-corrected chi connectivity index (χ0v) is 24.2. The summed E-state index contributed by atoms with van der Waals surface area (Å²) in [6, 6.07) is 11.1. The van der Waals surface area contributed by atoms with Crippen LogP contribution in [-0.4, -0.2) is 79.0 Å². The summed E-state index contributed by atoms with van der Waals surface area (Å²) >= 11 is 0. The second-order valence-electron chi connectivity index (χ2n) is 10.6. The Balaban J connectivity index is 1.50. The first-order valence-corrected chi connectivity index (χ1v) is 14.3. The molecule has 14 nitrogen and oxygen atoms in total. The molecule has 0 fully saturated rings. The number of amides is 3. The average molecular weight is 618 g/mol. The molecular weight excluding hydrogens is 582 g/mol. The Morgan fingerprint density at radius 3 is 2.13 bits per heavy atom. The molecule has 0 radical (unpaired) electrons. The summed E-state index contributed by atoms with van der Waals surface area (Å²) in [4.78, 5) is 73.3. The Labute approximate surface area is 257 Å². The Morgan fingerprint density at radius 1 is 0.778 bits per heavy atom. The second kappa shape index (κ2) is 15.3. The van der Waals surface area contributed by atoms with Gasteiger partial charge < -0.3 is 41.9 Å². The SMILES string of the molecule is NC(Cc1cnc[nH]1)C(=O)NC(Cc1ccccc1)C(=O)NC(CCC(=O)O)C(=O)NC(Cc1c[nH]c2ccccc12)C(=O)O. The molecule has 4 atom stereocenters. The van der Waals surface area contributed by atoms with E-state index < -0.39 is 60.2 Å². The summed E-state index contributed by atoms with van der Waals surface area (Å²) in [5.41, 5.74) is 8.85. The number of carboxylic acids is 2. The van der Waals surface area contributed by atoms with Gasteiger partial charge in [-0.3, -0.25) is 19.2 Å². The molecule has 0 aliphatic rings. The first-order valence-electron chi connectivity index (χ1n) is 14.3. The lowest BCUT2D eigenvalue weighted by molar-refractivity contribution is -0.143. The van der Waals surface area contributed by atoms with Crippen molar-refractivity contribution >= 4 is 40.6 Å². The molecule has 0 aliphatic carbocycles. The summed E-state index contributed by atoms with van der Waals surface area (Å²) in [6.07, 6.45) is 3.93. The normalized spacial score (nSPS) is 13.7. The Kier molecular flexibility index (Phi) is 11.0. The molecule has 0 bridgehead atoms. The minimum Gasteiger partial charge on any atom is -0.481 e. The van der Waals surface area contributed by atoms with Crippen LogP contribution in [-0.2, 0) is 43.2 Å². The minimum absolute atomic E-state index is 0.0424. The summed E-state index contributed by atoms with van der Waals surface area (Å²) in [5.74, 6) is -4.79. The summed E-state index contributed by atoms with van der Waals surface area (Å²) in [7, 11) is 0. The number of nitrogens with zero attached hydrogens (tertiary/aromatic N) is 1. The molecule has 2 aromatic heterocycles. The van der Waals surface area contributed by atoms with Crippen LogP contribution in [0.2, 0.25) is 0 Å². The van der Waals surface area contributed by atoms with E-state index in [9.17, 15) is 34.2 Å². The number of carbonyl (C=O) groups is 5. The van der Waals surface area contributed by atoms with Gasteiger partial charge in [0.25, 0.3) is 0 Å². The molecule has 4 rings (SSSR count). The summed E-state index contributed by atoms with van der Waals surface area (Å²) in [6.45, 7) is 0. The Bertz CT molecular complexity index is 1620. The van der Waals surface area contributed by atoms with Crippen LogP contribution in [0.1, 0.15) is 29.7 Å². The number of fused-ring (bicyclic) bond motifs is 1. The number of imidazole rings is 1. The average Bonchev–Trinajstić information content (AvgIpc) is 3.68. The smallest absolute Gasteiger partial charge is 0.326 e. The summed E-state index contributed by atoms with van der Waals surface area (Å²) < 4.78 is 0. The molecule has 45 heavy (non-hydrogen) atoms. The van der Waals surface area contributed by atoms with E-state index in [1.54, 1.807) is 42.6 Å². The van der Waals surface area contributed by atoms with Gasteiger partial charge in [0.1, 0.15) is 18.1 Å². The van der Waals surface area contributed by atoms with Crippen molar-refractivity contribution in [1.82, 2.24) is 30.9 Å². The van der Waals surface area contributed by atoms with Crippen LogP contribution < -0.4 is 21.7 Å². The number of carboxylic acid groups (broad SMARTS) is 2. The molecule has 4 unspecified atom stereocenters. The fraction of sp³-hybridized carbons (Fsp3) is 0.290. The molecule has 14 heteroatoms. The zero-order chi connectivity index (χ0) is 32.3. The molecule has 3 amide bonds. The van der Waals surface area contributed by atoms with Gasteiger partial charge >= 0.3 is 11.9 Å². The topological polar surface area (TPSA) is 232 Å². The van der Waals surface area contributed by atoms with Gasteiger partial charge in [-0.25, -0.2) is 9.78 Å². The number of aliphatic carboxylic acids is 2. The quantitative estimate of drug-likeness (QED) is 0.0880. The molecular formula is C31H35N7O7. The minimum atomic E-state index is -1.41. The fourth-order valence-corrected chi connectivity index (χ4v) is 4.87. The molecule has 0 saturated carbocycles. The monoisotopic (exact) mass is 617 g/mol. The van der Waals surface area contributed by atoms with Crippen LogP contribution in [0.15, 0.2) is 73.3 Å². The van der Waals surface area contributed by atoms with Crippen LogP contribution in [0.5, 0.6) is 0 Å². The van der Waals surface area contributed by atoms with Crippen molar-refractivity contribution in [2.75, 3.05) is 0 Å². The maximum Gasteiger partial charge on any atom is 0.326 e. The van der Waals surface area contributed by atoms with E-state index in [1.165, 1.54) is 12.5 Å². The van der Waals surface area contributed by atoms with Crippen molar-refractivity contribution in [2.24, 2.45) is 5.73 Å². The lowest BCUT2D eigenvalue weighted by atomic mass is 10.0. The molecule has 2 aromatic carbocycles. The highest BCUT2D eigenvalue weighted by Gasteiger charge is 2.31. The number of aromatic nitrogens is 3. The van der Waals surface area contributed by atoms with Gasteiger partial charge in [-0.2, -0.15) is 0 Å². The second-order valence-corrected chi connectivity index (χ2v) is 10.6. The van der Waals surface area contributed by atoms with Crippen molar-refractivity contribution in [1.29, 1.82) is 0 Å². The maximum absolute atomic E-state index is 13.6. The van der Waals surface area contributed by atoms with Crippen LogP contribution in [0.3, 0.4) is 0 Å². The number of carbonyl (C=O) groups excluding carboxylic acids is 3. The Morgan fingerprint density at radius 2 is 1.44 bits per heavy atom. The third-order valence-corrected chi connectivity index (χ3v) is 7.24. The van der Waals surface area contributed by atoms with Crippen LogP contribution in [0.25, 0.3) is 10.9 Å². The van der Waals surface area contributed by atoms with Gasteiger partial charge in [-0.1, -0.05) is 48.5 Å². The number of rotatable bonds is 16. The van der Waals surface area contributed by atoms with E-state index >= 15 is 0 Å². The Hall–Kier alpha value is -5.50. The first-order chi connectivity index (χ1) is 21.6. The van der Waals surface area contributed by atoms with E-state index in [4.69, 9.17) is 5.73 Å².